The summed E-state index contributed by atoms with van der Waals surface area (Å²) >= 11 is 8.64. The van der Waals surface area contributed by atoms with Gasteiger partial charge in [0.15, 0.2) is 4.77 Å². The lowest BCUT2D eigenvalue weighted by Gasteiger charge is -2.12. The van der Waals surface area contributed by atoms with Crippen LogP contribution in [0.1, 0.15) is 12.5 Å². The fourth-order valence-electron chi connectivity index (χ4n) is 2.01. The second kappa shape index (κ2) is 4.01. The van der Waals surface area contributed by atoms with E-state index in [0.29, 0.717) is 4.77 Å². The molecule has 0 spiro atoms. The molecule has 6 heteroatoms. The average Bonchev–Trinajstić information content (AvgIpc) is 2.87. The van der Waals surface area contributed by atoms with Gasteiger partial charge in [-0.25, -0.2) is 0 Å². The first kappa shape index (κ1) is 10.6. The molecule has 3 heterocycles. The second-order valence-corrected chi connectivity index (χ2v) is 6.24. The van der Waals surface area contributed by atoms with Gasteiger partial charge in [-0.05, 0) is 35.8 Å². The van der Waals surface area contributed by atoms with Crippen LogP contribution in [0, 0.1) is 4.77 Å². The zero-order chi connectivity index (χ0) is 11.1. The van der Waals surface area contributed by atoms with Crippen molar-refractivity contribution in [3.05, 3.63) is 26.6 Å². The third-order valence-corrected chi connectivity index (χ3v) is 5.16. The van der Waals surface area contributed by atoms with Gasteiger partial charge in [0.05, 0.1) is 5.52 Å². The van der Waals surface area contributed by atoms with E-state index in [1.807, 2.05) is 23.2 Å². The molecule has 0 amide bonds. The molecule has 1 N–H and O–H groups in total. The van der Waals surface area contributed by atoms with Gasteiger partial charge in [0.2, 0.25) is 0 Å². The van der Waals surface area contributed by atoms with Crippen molar-refractivity contribution in [2.24, 2.45) is 0 Å². The van der Waals surface area contributed by atoms with E-state index in [9.17, 15) is 4.79 Å². The summed E-state index contributed by atoms with van der Waals surface area (Å²) < 4.78 is 3.10. The molecule has 0 bridgehead atoms. The summed E-state index contributed by atoms with van der Waals surface area (Å²) in [6.07, 6.45) is 1.04. The number of hydrogen-bond acceptors (Lipinski definition) is 4. The van der Waals surface area contributed by atoms with Gasteiger partial charge in [-0.1, -0.05) is 0 Å². The van der Waals surface area contributed by atoms with Gasteiger partial charge in [0.25, 0.3) is 5.56 Å². The summed E-state index contributed by atoms with van der Waals surface area (Å²) in [7, 11) is 0. The van der Waals surface area contributed by atoms with Gasteiger partial charge in [0.1, 0.15) is 4.70 Å². The van der Waals surface area contributed by atoms with Gasteiger partial charge in [-0.15, -0.1) is 11.3 Å². The van der Waals surface area contributed by atoms with Crippen LogP contribution in [0.2, 0.25) is 0 Å². The van der Waals surface area contributed by atoms with Crippen LogP contribution in [-0.4, -0.2) is 21.1 Å². The molecule has 0 radical (unpaired) electrons. The van der Waals surface area contributed by atoms with E-state index in [1.165, 1.54) is 11.3 Å². The van der Waals surface area contributed by atoms with Gasteiger partial charge in [-0.3, -0.25) is 9.36 Å². The largest absolute Gasteiger partial charge is 0.331 e. The Bertz CT molecular complexity index is 633. The molecule has 1 unspecified atom stereocenters. The number of rotatable bonds is 1. The summed E-state index contributed by atoms with van der Waals surface area (Å²) in [5.74, 6) is 2.11. The molecule has 0 aliphatic carbocycles. The van der Waals surface area contributed by atoms with Crippen molar-refractivity contribution in [1.29, 1.82) is 0 Å². The monoisotopic (exact) mass is 270 g/mol. The van der Waals surface area contributed by atoms with E-state index >= 15 is 0 Å². The second-order valence-electron chi connectivity index (χ2n) is 3.79. The Labute approximate surface area is 106 Å². The Balaban J connectivity index is 2.30. The van der Waals surface area contributed by atoms with Crippen LogP contribution >= 0.6 is 35.3 Å². The van der Waals surface area contributed by atoms with Crippen LogP contribution in [-0.2, 0) is 0 Å². The highest BCUT2D eigenvalue weighted by Gasteiger charge is 2.20. The van der Waals surface area contributed by atoms with Gasteiger partial charge >= 0.3 is 0 Å². The number of thiophene rings is 1. The van der Waals surface area contributed by atoms with Crippen molar-refractivity contribution in [2.75, 3.05) is 11.5 Å². The molecule has 84 valence electrons. The molecule has 0 aromatic carbocycles. The van der Waals surface area contributed by atoms with Crippen molar-refractivity contribution in [3.63, 3.8) is 0 Å². The van der Waals surface area contributed by atoms with Gasteiger partial charge < -0.3 is 4.98 Å². The lowest BCUT2D eigenvalue weighted by atomic mass is 10.2. The number of fused-ring (bicyclic) bond motifs is 1. The Hall–Kier alpha value is -0.590. The van der Waals surface area contributed by atoms with Crippen LogP contribution in [0.25, 0.3) is 10.2 Å². The average molecular weight is 270 g/mol. The maximum Gasteiger partial charge on any atom is 0.272 e. The summed E-state index contributed by atoms with van der Waals surface area (Å²) in [5, 5.41) is 1.92. The Morgan fingerprint density at radius 2 is 2.44 bits per heavy atom. The highest BCUT2D eigenvalue weighted by molar-refractivity contribution is 7.99. The SMILES string of the molecule is O=c1c2sccc2[nH]c(=S)n1C1CCSC1. The molecule has 1 atom stereocenters. The molecule has 1 aliphatic heterocycles. The van der Waals surface area contributed by atoms with E-state index in [2.05, 4.69) is 4.98 Å². The van der Waals surface area contributed by atoms with Crippen molar-refractivity contribution in [3.8, 4) is 0 Å². The van der Waals surface area contributed by atoms with Crippen LogP contribution in [0.5, 0.6) is 0 Å². The van der Waals surface area contributed by atoms with Crippen LogP contribution < -0.4 is 5.56 Å². The van der Waals surface area contributed by atoms with E-state index in [0.717, 1.165) is 28.1 Å². The zero-order valence-electron chi connectivity index (χ0n) is 8.43. The highest BCUT2D eigenvalue weighted by atomic mass is 32.2. The van der Waals surface area contributed by atoms with Crippen molar-refractivity contribution in [2.45, 2.75) is 12.5 Å². The third kappa shape index (κ3) is 1.56. The fraction of sp³-hybridized carbons (Fsp3) is 0.400. The molecule has 2 aromatic heterocycles. The first-order valence-corrected chi connectivity index (χ1v) is 7.51. The summed E-state index contributed by atoms with van der Waals surface area (Å²) in [6, 6.07) is 2.18. The van der Waals surface area contributed by atoms with E-state index in [-0.39, 0.29) is 11.6 Å². The molecule has 16 heavy (non-hydrogen) atoms. The molecule has 1 aliphatic rings. The first-order chi connectivity index (χ1) is 7.77. The predicted molar refractivity (Wildman–Crippen MR) is 72.2 cm³/mol. The van der Waals surface area contributed by atoms with E-state index in [1.54, 1.807) is 4.57 Å². The van der Waals surface area contributed by atoms with Crippen LogP contribution in [0.15, 0.2) is 16.2 Å². The van der Waals surface area contributed by atoms with Gasteiger partial charge in [-0.2, -0.15) is 11.8 Å². The Kier molecular flexibility index (Phi) is 2.65. The van der Waals surface area contributed by atoms with Crippen LogP contribution in [0.4, 0.5) is 0 Å². The lowest BCUT2D eigenvalue weighted by molar-refractivity contribution is 0.531. The Morgan fingerprint density at radius 3 is 3.19 bits per heavy atom. The smallest absolute Gasteiger partial charge is 0.272 e. The minimum atomic E-state index is 0.0706. The van der Waals surface area contributed by atoms with Crippen molar-refractivity contribution >= 4 is 45.5 Å². The van der Waals surface area contributed by atoms with Crippen molar-refractivity contribution < 1.29 is 0 Å². The normalized spacial score (nSPS) is 20.6. The minimum absolute atomic E-state index is 0.0706. The quantitative estimate of drug-likeness (QED) is 0.810. The number of H-pyrrole nitrogens is 1. The lowest BCUT2D eigenvalue weighted by Crippen LogP contribution is -2.25. The fourth-order valence-corrected chi connectivity index (χ4v) is 4.33. The van der Waals surface area contributed by atoms with E-state index < -0.39 is 0 Å². The van der Waals surface area contributed by atoms with Crippen LogP contribution in [0.3, 0.4) is 0 Å². The van der Waals surface area contributed by atoms with Crippen molar-refractivity contribution in [1.82, 2.24) is 9.55 Å². The summed E-state index contributed by atoms with van der Waals surface area (Å²) in [5.41, 5.74) is 0.933. The molecular weight excluding hydrogens is 260 g/mol. The maximum atomic E-state index is 12.3. The number of hydrogen-bond donors (Lipinski definition) is 1. The molecule has 0 saturated carbocycles. The Morgan fingerprint density at radius 1 is 1.56 bits per heavy atom. The molecule has 1 fully saturated rings. The number of nitrogens with zero attached hydrogens (tertiary/aromatic N) is 1. The van der Waals surface area contributed by atoms with E-state index in [4.69, 9.17) is 12.2 Å². The molecule has 1 saturated heterocycles. The first-order valence-electron chi connectivity index (χ1n) is 5.07. The number of thioether (sulfide) groups is 1. The molecule has 3 rings (SSSR count). The highest BCUT2D eigenvalue weighted by Crippen LogP contribution is 2.27. The molecular formula is C10H10N2OS3. The standard InChI is InChI=1S/C10H10N2OS3/c13-9-8-7(2-4-16-8)11-10(14)12(9)6-1-3-15-5-6/h2,4,6H,1,3,5H2,(H,11,14). The number of nitrogens with one attached hydrogen (secondary N) is 1. The topological polar surface area (TPSA) is 37.8 Å². The number of aromatic nitrogens is 2. The third-order valence-electron chi connectivity index (χ3n) is 2.81. The summed E-state index contributed by atoms with van der Waals surface area (Å²) in [4.78, 5) is 15.4. The maximum absolute atomic E-state index is 12.3. The number of aromatic amines is 1. The van der Waals surface area contributed by atoms with Gasteiger partial charge in [0, 0.05) is 11.8 Å². The summed E-state index contributed by atoms with van der Waals surface area (Å²) in [6.45, 7) is 0. The molecule has 2 aromatic rings. The molecule has 3 nitrogen and oxygen atoms in total. The zero-order valence-corrected chi connectivity index (χ0v) is 10.9. The predicted octanol–water partition coefficient (Wildman–Crippen LogP) is 2.80. The minimum Gasteiger partial charge on any atom is -0.331 e.